The molecule has 20 aliphatic heterocycles. The van der Waals surface area contributed by atoms with Crippen molar-refractivity contribution in [3.63, 3.8) is 0 Å². The van der Waals surface area contributed by atoms with E-state index < -0.39 is 0 Å². The highest BCUT2D eigenvalue weighted by atomic mass is 15.0. The lowest BCUT2D eigenvalue weighted by atomic mass is 10.0. The summed E-state index contributed by atoms with van der Waals surface area (Å²) < 4.78 is 0. The van der Waals surface area contributed by atoms with E-state index in [0.29, 0.717) is 0 Å². The Hall–Kier alpha value is -6.24. The summed E-state index contributed by atoms with van der Waals surface area (Å²) in [6.45, 7) is 10.3. The first-order valence-electron chi connectivity index (χ1n) is 22.0. The summed E-state index contributed by atoms with van der Waals surface area (Å²) in [6.07, 6.45) is 0. The number of hydrogen-bond donors (Lipinski definition) is 6. The summed E-state index contributed by atoms with van der Waals surface area (Å²) in [7, 11) is 0. The largest absolute Gasteiger partial charge is 0.314 e. The molecule has 0 spiro atoms. The van der Waals surface area contributed by atoms with Gasteiger partial charge in [0.05, 0.1) is 44.1 Å². The molecule has 0 fully saturated rings. The molecule has 24 heterocycles. The second kappa shape index (κ2) is 17.3. The Morgan fingerprint density at radius 2 is 0.484 bits per heavy atom. The summed E-state index contributed by atoms with van der Waals surface area (Å²) in [5, 5.41) is 30.6. The van der Waals surface area contributed by atoms with E-state index >= 15 is 0 Å². The van der Waals surface area contributed by atoms with Gasteiger partial charge >= 0.3 is 0 Å². The zero-order valence-corrected chi connectivity index (χ0v) is 34.8. The van der Waals surface area contributed by atoms with Crippen LogP contribution in [-0.4, -0.2) is 72.3 Å². The molecule has 0 saturated heterocycles. The minimum absolute atomic E-state index is 0.797. The second-order valence-corrected chi connectivity index (χ2v) is 16.7. The summed E-state index contributed by atoms with van der Waals surface area (Å²) in [4.78, 5) is 20.4. The van der Waals surface area contributed by atoms with Crippen LogP contribution in [0.5, 0.6) is 0 Å². The zero-order chi connectivity index (χ0) is 41.2. The number of nitrogens with one attached hydrogen (secondary N) is 6. The van der Waals surface area contributed by atoms with E-state index in [-0.39, 0.29) is 0 Å². The van der Waals surface area contributed by atoms with Crippen LogP contribution >= 0.6 is 0 Å². The molecular formula is C52H50N10. The van der Waals surface area contributed by atoms with E-state index in [0.717, 1.165) is 166 Å². The lowest BCUT2D eigenvalue weighted by molar-refractivity contribution is 0.581. The molecule has 10 nitrogen and oxygen atoms in total. The van der Waals surface area contributed by atoms with Crippen molar-refractivity contribution in [2.45, 2.75) is 26.2 Å². The molecule has 0 radical (unpaired) electrons. The Kier molecular flexibility index (Phi) is 10.8. The van der Waals surface area contributed by atoms with Crippen LogP contribution in [0.4, 0.5) is 0 Å². The van der Waals surface area contributed by atoms with Crippen LogP contribution in [0, 0.1) is 0 Å². The van der Waals surface area contributed by atoms with E-state index in [9.17, 15) is 0 Å². The van der Waals surface area contributed by atoms with Gasteiger partial charge in [0.25, 0.3) is 0 Å². The van der Waals surface area contributed by atoms with Crippen molar-refractivity contribution in [1.29, 1.82) is 0 Å². The van der Waals surface area contributed by atoms with Crippen molar-refractivity contribution in [3.05, 3.63) is 144 Å². The molecule has 6 aromatic carbocycles. The maximum atomic E-state index is 5.11. The van der Waals surface area contributed by atoms with E-state index in [2.05, 4.69) is 153 Å². The Bertz CT molecular complexity index is 2860. The topological polar surface area (TPSA) is 124 Å². The smallest absolute Gasteiger partial charge is 0.0717 e. The lowest BCUT2D eigenvalue weighted by Gasteiger charge is -2.11. The molecule has 0 amide bonds. The molecule has 30 rings (SSSR count). The van der Waals surface area contributed by atoms with Gasteiger partial charge in [0, 0.05) is 122 Å². The van der Waals surface area contributed by atoms with Gasteiger partial charge in [0.1, 0.15) is 0 Å². The Morgan fingerprint density at radius 3 is 0.742 bits per heavy atom. The van der Waals surface area contributed by atoms with Gasteiger partial charge in [-0.05, 0) is 95.1 Å². The van der Waals surface area contributed by atoms with Gasteiger partial charge in [-0.25, -0.2) is 19.9 Å². The first-order chi connectivity index (χ1) is 30.7. The van der Waals surface area contributed by atoms with Gasteiger partial charge in [0.15, 0.2) is 0 Å². The molecule has 6 N–H and O–H groups in total. The third kappa shape index (κ3) is 8.12. The molecule has 0 saturated carbocycles. The van der Waals surface area contributed by atoms with Gasteiger partial charge in [-0.15, -0.1) is 0 Å². The van der Waals surface area contributed by atoms with Crippen LogP contribution in [0.1, 0.15) is 22.3 Å². The summed E-state index contributed by atoms with van der Waals surface area (Å²) in [5.74, 6) is 0. The molecule has 0 aliphatic carbocycles. The fourth-order valence-electron chi connectivity index (χ4n) is 8.92. The third-order valence-electron chi connectivity index (χ3n) is 12.3. The third-order valence-corrected chi connectivity index (χ3v) is 12.3. The van der Waals surface area contributed by atoms with Crippen LogP contribution in [-0.2, 0) is 26.2 Å². The van der Waals surface area contributed by atoms with Gasteiger partial charge in [-0.1, -0.05) is 48.5 Å². The molecule has 308 valence electrons. The first kappa shape index (κ1) is 38.7. The van der Waals surface area contributed by atoms with Crippen molar-refractivity contribution < 1.29 is 0 Å². The van der Waals surface area contributed by atoms with Crippen molar-refractivity contribution >= 4 is 87.2 Å². The van der Waals surface area contributed by atoms with E-state index in [1.54, 1.807) is 0 Å². The Balaban J connectivity index is 0.798. The van der Waals surface area contributed by atoms with Gasteiger partial charge in [-0.2, -0.15) is 0 Å². The number of hydrogen-bond acceptors (Lipinski definition) is 10. The summed E-state index contributed by atoms with van der Waals surface area (Å²) in [5.41, 5.74) is 12.9. The van der Waals surface area contributed by atoms with Crippen molar-refractivity contribution in [3.8, 4) is 0 Å². The fourth-order valence-corrected chi connectivity index (χ4v) is 8.92. The standard InChI is InChI=1S/C52H50N10/c1-5-37-25-41-42-26-38-6-2-34-22-50(38)60-46(42)10-9-45(41)59-49(37)21-33(1)29-55-17-13-53-14-18-56-30-35-3-7-39-27-43-44-28-40-8-4-36(32-58-20-16-54-15-19-57-31-34)24-52(40)62-48(44)12-11-47(43)61-51(39)23-35/h1-12,21-28,53-58H,13-20,29-32H2. The van der Waals surface area contributed by atoms with Crippen LogP contribution in [0.2, 0.25) is 0 Å². The zero-order valence-electron chi connectivity index (χ0n) is 34.8. The monoisotopic (exact) mass is 814 g/mol. The van der Waals surface area contributed by atoms with Crippen molar-refractivity contribution in [2.75, 3.05) is 52.4 Å². The minimum Gasteiger partial charge on any atom is -0.314 e. The number of benzene rings is 6. The Morgan fingerprint density at radius 1 is 0.242 bits per heavy atom. The number of nitrogens with zero attached hydrogens (tertiary/aromatic N) is 4. The van der Waals surface area contributed by atoms with Crippen molar-refractivity contribution in [2.24, 2.45) is 0 Å². The maximum absolute atomic E-state index is 5.11. The van der Waals surface area contributed by atoms with Crippen LogP contribution in [0.25, 0.3) is 87.2 Å². The molecule has 0 atom stereocenters. The average Bonchev–Trinajstić information content (AvgIpc) is 3.30. The molecule has 20 bridgehead atoms. The van der Waals surface area contributed by atoms with Crippen LogP contribution in [0.3, 0.4) is 0 Å². The molecule has 10 aromatic rings. The van der Waals surface area contributed by atoms with Crippen molar-refractivity contribution in [1.82, 2.24) is 51.8 Å². The summed E-state index contributed by atoms with van der Waals surface area (Å²) in [6, 6.07) is 44.0. The SMILES string of the molecule is c1cc2cc3c4ccc5nc6cc(ccc6cc53)CNCCNCCNCc3ccc5cc6c(ccc7nc8cc(ccc8cc76)CNCCNCCNCc1cc2n4)nc5c3. The predicted octanol–water partition coefficient (Wildman–Crippen LogP) is 7.74. The highest BCUT2D eigenvalue weighted by Crippen LogP contribution is 2.32. The Labute approximate surface area is 359 Å². The van der Waals surface area contributed by atoms with Gasteiger partial charge < -0.3 is 31.9 Å². The number of aromatic nitrogens is 4. The molecule has 20 aliphatic rings. The maximum Gasteiger partial charge on any atom is 0.0717 e. The van der Waals surface area contributed by atoms with E-state index in [1.807, 2.05) is 0 Å². The first-order valence-corrected chi connectivity index (χ1v) is 22.0. The number of rotatable bonds is 0. The normalized spacial score (nSPS) is 15.9. The predicted molar refractivity (Wildman–Crippen MR) is 257 cm³/mol. The molecular weight excluding hydrogens is 765 g/mol. The lowest BCUT2D eigenvalue weighted by Crippen LogP contribution is -2.32. The fraction of sp³-hybridized carbons (Fsp3) is 0.231. The van der Waals surface area contributed by atoms with Crippen LogP contribution < -0.4 is 31.9 Å². The van der Waals surface area contributed by atoms with Gasteiger partial charge in [-0.3, -0.25) is 0 Å². The highest BCUT2D eigenvalue weighted by Gasteiger charge is 2.11. The molecule has 0 unspecified atom stereocenters. The minimum atomic E-state index is 0.797. The highest BCUT2D eigenvalue weighted by molar-refractivity contribution is 6.12. The molecule has 62 heavy (non-hydrogen) atoms. The average molecular weight is 815 g/mol. The molecule has 10 heteroatoms. The summed E-state index contributed by atoms with van der Waals surface area (Å²) >= 11 is 0. The second-order valence-electron chi connectivity index (χ2n) is 16.7. The van der Waals surface area contributed by atoms with E-state index in [4.69, 9.17) is 19.9 Å². The van der Waals surface area contributed by atoms with E-state index in [1.165, 1.54) is 22.3 Å². The van der Waals surface area contributed by atoms with Crippen LogP contribution in [0.15, 0.2) is 121 Å². The quantitative estimate of drug-likeness (QED) is 0.0670. The van der Waals surface area contributed by atoms with Gasteiger partial charge in [0.2, 0.25) is 0 Å². The molecule has 4 aromatic heterocycles. The number of pyridine rings is 4.